The molecule has 0 aromatic heterocycles. The van der Waals surface area contributed by atoms with Gasteiger partial charge in [-0.25, -0.2) is 4.79 Å². The molecule has 1 heterocycles. The second-order valence-corrected chi connectivity index (χ2v) is 9.51. The van der Waals surface area contributed by atoms with Crippen LogP contribution in [0, 0.1) is 0 Å². The highest BCUT2D eigenvalue weighted by Gasteiger charge is 2.34. The van der Waals surface area contributed by atoms with Crippen molar-refractivity contribution in [3.05, 3.63) is 42.0 Å². The predicted octanol–water partition coefficient (Wildman–Crippen LogP) is 6.57. The second-order valence-electron chi connectivity index (χ2n) is 8.51. The van der Waals surface area contributed by atoms with Crippen LogP contribution in [0.3, 0.4) is 0 Å². The second kappa shape index (κ2) is 15.8. The van der Waals surface area contributed by atoms with Gasteiger partial charge < -0.3 is 15.3 Å². The number of unbranched alkanes of at least 4 members (excludes halogenated alkanes) is 9. The third kappa shape index (κ3) is 9.68. The summed E-state index contributed by atoms with van der Waals surface area (Å²) in [5.74, 6) is -0.263. The Bertz CT molecular complexity index is 706. The number of carboxylic acids is 1. The maximum Gasteiger partial charge on any atom is 0.327 e. The molecule has 1 unspecified atom stereocenters. The number of hydrogen-bond acceptors (Lipinski definition) is 4. The van der Waals surface area contributed by atoms with Crippen molar-refractivity contribution < 1.29 is 14.7 Å². The van der Waals surface area contributed by atoms with Crippen LogP contribution in [0.5, 0.6) is 0 Å². The fourth-order valence-corrected chi connectivity index (χ4v) is 4.97. The molecule has 1 aromatic rings. The SMILES string of the molecule is CCCCCCCCCCC=CCCCNc1ccc(C(=O)N2CSCC2C(=O)O)cc1. The lowest BCUT2D eigenvalue weighted by atomic mass is 10.1. The van der Waals surface area contributed by atoms with Gasteiger partial charge in [-0.05, 0) is 49.9 Å². The molecule has 178 valence electrons. The van der Waals surface area contributed by atoms with Gasteiger partial charge in [-0.2, -0.15) is 0 Å². The van der Waals surface area contributed by atoms with Crippen LogP contribution >= 0.6 is 11.8 Å². The number of anilines is 1. The Morgan fingerprint density at radius 1 is 1.00 bits per heavy atom. The molecule has 1 amide bonds. The molecule has 0 radical (unpaired) electrons. The van der Waals surface area contributed by atoms with Gasteiger partial charge in [-0.3, -0.25) is 4.79 Å². The van der Waals surface area contributed by atoms with E-state index in [2.05, 4.69) is 24.4 Å². The highest BCUT2D eigenvalue weighted by Crippen LogP contribution is 2.24. The summed E-state index contributed by atoms with van der Waals surface area (Å²) >= 11 is 1.48. The molecule has 0 spiro atoms. The molecule has 1 saturated heterocycles. The number of rotatable bonds is 16. The van der Waals surface area contributed by atoms with E-state index < -0.39 is 12.0 Å². The fraction of sp³-hybridized carbons (Fsp3) is 0.615. The van der Waals surface area contributed by atoms with Gasteiger partial charge in [0.15, 0.2) is 0 Å². The Hall–Kier alpha value is -1.95. The number of aliphatic carboxylic acids is 1. The van der Waals surface area contributed by atoms with Crippen molar-refractivity contribution in [2.75, 3.05) is 23.5 Å². The molecule has 1 aliphatic rings. The zero-order valence-electron chi connectivity index (χ0n) is 19.6. The Balaban J connectivity index is 1.54. The first kappa shape index (κ1) is 26.3. The molecule has 1 atom stereocenters. The van der Waals surface area contributed by atoms with Crippen LogP contribution in [0.1, 0.15) is 87.9 Å². The number of hydrogen-bond donors (Lipinski definition) is 2. The summed E-state index contributed by atoms with van der Waals surface area (Å²) in [6.45, 7) is 3.15. The molecular formula is C26H40N2O3S. The number of carboxylic acid groups (broad SMARTS) is 1. The van der Waals surface area contributed by atoms with Gasteiger partial charge in [0.25, 0.3) is 5.91 Å². The van der Waals surface area contributed by atoms with Gasteiger partial charge in [0.2, 0.25) is 0 Å². The van der Waals surface area contributed by atoms with Crippen LogP contribution in [0.4, 0.5) is 5.69 Å². The van der Waals surface area contributed by atoms with Crippen LogP contribution < -0.4 is 5.32 Å². The van der Waals surface area contributed by atoms with Gasteiger partial charge in [0.1, 0.15) is 6.04 Å². The summed E-state index contributed by atoms with van der Waals surface area (Å²) in [7, 11) is 0. The smallest absolute Gasteiger partial charge is 0.327 e. The standard InChI is InChI=1S/C26H40N2O3S/c1-2-3-4-5-6-7-8-9-10-11-12-13-14-19-27-23-17-15-22(16-18-23)25(29)28-21-32-20-24(28)26(30)31/h11-12,15-18,24,27H,2-10,13-14,19-21H2,1H3,(H,30,31). The van der Waals surface area contributed by atoms with Crippen LogP contribution in [0.25, 0.3) is 0 Å². The Labute approximate surface area is 198 Å². The maximum atomic E-state index is 12.6. The first-order valence-electron chi connectivity index (χ1n) is 12.2. The molecule has 6 heteroatoms. The first-order valence-corrected chi connectivity index (χ1v) is 13.4. The minimum Gasteiger partial charge on any atom is -0.480 e. The molecule has 5 nitrogen and oxygen atoms in total. The topological polar surface area (TPSA) is 69.6 Å². The lowest BCUT2D eigenvalue weighted by Crippen LogP contribution is -2.41. The van der Waals surface area contributed by atoms with E-state index in [0.717, 1.165) is 25.1 Å². The Kier molecular flexibility index (Phi) is 13.0. The summed E-state index contributed by atoms with van der Waals surface area (Å²) in [5.41, 5.74) is 1.52. The van der Waals surface area contributed by atoms with Gasteiger partial charge in [-0.1, -0.05) is 64.0 Å². The molecule has 0 saturated carbocycles. The summed E-state index contributed by atoms with van der Waals surface area (Å²) < 4.78 is 0. The van der Waals surface area contributed by atoms with Crippen molar-refractivity contribution in [3.8, 4) is 0 Å². The lowest BCUT2D eigenvalue weighted by molar-refractivity contribution is -0.140. The number of benzene rings is 1. The van der Waals surface area contributed by atoms with E-state index in [1.165, 1.54) is 74.4 Å². The van der Waals surface area contributed by atoms with Crippen molar-refractivity contribution in [1.29, 1.82) is 0 Å². The Morgan fingerprint density at radius 3 is 2.28 bits per heavy atom. The summed E-state index contributed by atoms with van der Waals surface area (Å²) in [4.78, 5) is 25.3. The lowest BCUT2D eigenvalue weighted by Gasteiger charge is -2.20. The largest absolute Gasteiger partial charge is 0.480 e. The predicted molar refractivity (Wildman–Crippen MR) is 135 cm³/mol. The number of amides is 1. The quantitative estimate of drug-likeness (QED) is 0.216. The van der Waals surface area contributed by atoms with Gasteiger partial charge >= 0.3 is 5.97 Å². The summed E-state index contributed by atoms with van der Waals surface area (Å²) in [6.07, 6.45) is 18.9. The maximum absolute atomic E-state index is 12.6. The number of nitrogens with one attached hydrogen (secondary N) is 1. The zero-order valence-corrected chi connectivity index (χ0v) is 20.4. The van der Waals surface area contributed by atoms with Crippen molar-refractivity contribution in [2.45, 2.75) is 83.6 Å². The van der Waals surface area contributed by atoms with Gasteiger partial charge in [0, 0.05) is 23.5 Å². The normalized spacial score (nSPS) is 16.0. The Morgan fingerprint density at radius 2 is 1.62 bits per heavy atom. The van der Waals surface area contributed by atoms with Crippen molar-refractivity contribution in [3.63, 3.8) is 0 Å². The molecule has 32 heavy (non-hydrogen) atoms. The third-order valence-electron chi connectivity index (χ3n) is 5.83. The molecule has 0 bridgehead atoms. The fourth-order valence-electron chi connectivity index (χ4n) is 3.83. The number of allylic oxidation sites excluding steroid dienone is 2. The van der Waals surface area contributed by atoms with Gasteiger partial charge in [-0.15, -0.1) is 11.8 Å². The summed E-state index contributed by atoms with van der Waals surface area (Å²) in [5, 5.41) is 12.6. The van der Waals surface area contributed by atoms with Crippen LogP contribution in [0.15, 0.2) is 36.4 Å². The highest BCUT2D eigenvalue weighted by molar-refractivity contribution is 7.99. The first-order chi connectivity index (χ1) is 15.6. The van der Waals surface area contributed by atoms with E-state index in [9.17, 15) is 14.7 Å². The van der Waals surface area contributed by atoms with Crippen LogP contribution in [0.2, 0.25) is 0 Å². The van der Waals surface area contributed by atoms with E-state index in [1.807, 2.05) is 12.1 Å². The van der Waals surface area contributed by atoms with E-state index >= 15 is 0 Å². The molecule has 1 aromatic carbocycles. The van der Waals surface area contributed by atoms with E-state index in [-0.39, 0.29) is 5.91 Å². The number of carbonyl (C=O) groups is 2. The minimum atomic E-state index is -0.937. The summed E-state index contributed by atoms with van der Waals surface area (Å²) in [6, 6.07) is 6.61. The van der Waals surface area contributed by atoms with E-state index in [4.69, 9.17) is 0 Å². The number of thioether (sulfide) groups is 1. The number of carbonyl (C=O) groups excluding carboxylic acids is 1. The molecule has 2 N–H and O–H groups in total. The van der Waals surface area contributed by atoms with Crippen molar-refractivity contribution >= 4 is 29.3 Å². The molecule has 2 rings (SSSR count). The minimum absolute atomic E-state index is 0.212. The van der Waals surface area contributed by atoms with Crippen LogP contribution in [-0.4, -0.2) is 46.1 Å². The van der Waals surface area contributed by atoms with Crippen LogP contribution in [-0.2, 0) is 4.79 Å². The molecular weight excluding hydrogens is 420 g/mol. The van der Waals surface area contributed by atoms with Gasteiger partial charge in [0.05, 0.1) is 5.88 Å². The number of nitrogens with zero attached hydrogens (tertiary/aromatic N) is 1. The average molecular weight is 461 g/mol. The third-order valence-corrected chi connectivity index (χ3v) is 6.84. The molecule has 0 aliphatic carbocycles. The molecule has 1 fully saturated rings. The van der Waals surface area contributed by atoms with Crippen molar-refractivity contribution in [2.24, 2.45) is 0 Å². The highest BCUT2D eigenvalue weighted by atomic mass is 32.2. The van der Waals surface area contributed by atoms with E-state index in [1.54, 1.807) is 12.1 Å². The monoisotopic (exact) mass is 460 g/mol. The zero-order chi connectivity index (χ0) is 23.0. The average Bonchev–Trinajstić information content (AvgIpc) is 3.30. The van der Waals surface area contributed by atoms with E-state index in [0.29, 0.717) is 17.2 Å². The molecule has 1 aliphatic heterocycles. The van der Waals surface area contributed by atoms with Crippen molar-refractivity contribution in [1.82, 2.24) is 4.90 Å².